The molecule has 0 fully saturated rings. The van der Waals surface area contributed by atoms with Crippen LogP contribution >= 0.6 is 0 Å². The molecule has 0 radical (unpaired) electrons. The van der Waals surface area contributed by atoms with Gasteiger partial charge in [-0.05, 0) is 13.8 Å². The van der Waals surface area contributed by atoms with E-state index >= 15 is 0 Å². The fraction of sp³-hybridized carbons (Fsp3) is 0.421. The SMILES string of the molecule is CC1=NC(C)=C(C(=O)OCC[N+](=O)[O-])C(c2ccccc2[N+](=O)[O-])C1C(=O)OCC[N+](=O)[O-]. The summed E-state index contributed by atoms with van der Waals surface area (Å²) in [7, 11) is 0. The van der Waals surface area contributed by atoms with Gasteiger partial charge in [0.05, 0.1) is 10.5 Å². The Hall–Kier alpha value is -4.23. The predicted molar refractivity (Wildman–Crippen MR) is 111 cm³/mol. The molecule has 33 heavy (non-hydrogen) atoms. The average Bonchev–Trinajstić information content (AvgIpc) is 2.72. The molecule has 14 nitrogen and oxygen atoms in total. The van der Waals surface area contributed by atoms with Crippen LogP contribution in [0.3, 0.4) is 0 Å². The third kappa shape index (κ3) is 6.15. The van der Waals surface area contributed by atoms with E-state index in [2.05, 4.69) is 4.99 Å². The summed E-state index contributed by atoms with van der Waals surface area (Å²) in [5.74, 6) is -4.59. The van der Waals surface area contributed by atoms with Crippen LogP contribution in [0.25, 0.3) is 0 Å². The monoisotopic (exact) mass is 464 g/mol. The van der Waals surface area contributed by atoms with Crippen molar-refractivity contribution in [1.82, 2.24) is 0 Å². The minimum absolute atomic E-state index is 0.00597. The number of nitro groups is 3. The van der Waals surface area contributed by atoms with Gasteiger partial charge in [0.1, 0.15) is 5.92 Å². The molecule has 1 aliphatic rings. The van der Waals surface area contributed by atoms with E-state index in [4.69, 9.17) is 9.47 Å². The number of nitrogens with zero attached hydrogens (tertiary/aromatic N) is 4. The second kappa shape index (κ2) is 10.9. The molecule has 0 aromatic heterocycles. The number of para-hydroxylation sites is 1. The number of esters is 2. The summed E-state index contributed by atoms with van der Waals surface area (Å²) < 4.78 is 9.97. The molecule has 1 heterocycles. The minimum atomic E-state index is -1.32. The first-order valence-corrected chi connectivity index (χ1v) is 9.61. The van der Waals surface area contributed by atoms with E-state index in [1.54, 1.807) is 0 Å². The normalized spacial score (nSPS) is 17.7. The molecule has 2 unspecified atom stereocenters. The lowest BCUT2D eigenvalue weighted by Gasteiger charge is -2.31. The van der Waals surface area contributed by atoms with Crippen LogP contribution in [-0.4, -0.2) is 58.7 Å². The van der Waals surface area contributed by atoms with Crippen LogP contribution in [0.5, 0.6) is 0 Å². The molecule has 14 heteroatoms. The van der Waals surface area contributed by atoms with E-state index in [9.17, 15) is 39.9 Å². The maximum absolute atomic E-state index is 12.9. The largest absolute Gasteiger partial charge is 0.458 e. The zero-order valence-corrected chi connectivity index (χ0v) is 17.7. The van der Waals surface area contributed by atoms with E-state index < -0.39 is 64.8 Å². The van der Waals surface area contributed by atoms with Crippen molar-refractivity contribution in [1.29, 1.82) is 0 Å². The van der Waals surface area contributed by atoms with E-state index in [1.165, 1.54) is 38.1 Å². The van der Waals surface area contributed by atoms with Crippen LogP contribution in [0.1, 0.15) is 25.3 Å². The fourth-order valence-electron chi connectivity index (χ4n) is 3.46. The van der Waals surface area contributed by atoms with Crippen LogP contribution in [0.4, 0.5) is 5.69 Å². The molecule has 0 N–H and O–H groups in total. The number of hydrogen-bond acceptors (Lipinski definition) is 11. The number of aliphatic imine (C=N–C) groups is 1. The van der Waals surface area contributed by atoms with Crippen molar-refractivity contribution in [3.63, 3.8) is 0 Å². The quantitative estimate of drug-likeness (QED) is 0.279. The van der Waals surface area contributed by atoms with Gasteiger partial charge in [-0.1, -0.05) is 18.2 Å². The number of allylic oxidation sites excluding steroid dienone is 1. The van der Waals surface area contributed by atoms with Crippen LogP contribution in [0.15, 0.2) is 40.5 Å². The molecule has 0 saturated carbocycles. The molecule has 1 aliphatic heterocycles. The van der Waals surface area contributed by atoms with Crippen molar-refractivity contribution in [2.45, 2.75) is 19.8 Å². The summed E-state index contributed by atoms with van der Waals surface area (Å²) in [6.45, 7) is 0.457. The number of carbonyl (C=O) groups excluding carboxylic acids is 2. The standard InChI is InChI=1S/C19H20N4O10/c1-11-15(18(24)32-9-7-21(26)27)17(13-5-3-4-6-14(13)23(30)31)16(12(2)20-11)19(25)33-10-8-22(28)29/h3-6,15,17H,7-10H2,1-2H3. The molecule has 0 aliphatic carbocycles. The van der Waals surface area contributed by atoms with Crippen molar-refractivity contribution in [2.24, 2.45) is 10.9 Å². The Morgan fingerprint density at radius 3 is 2.12 bits per heavy atom. The minimum Gasteiger partial charge on any atom is -0.458 e. The van der Waals surface area contributed by atoms with Crippen molar-refractivity contribution < 1.29 is 33.8 Å². The summed E-state index contributed by atoms with van der Waals surface area (Å²) >= 11 is 0. The first-order chi connectivity index (χ1) is 15.5. The lowest BCUT2D eigenvalue weighted by Crippen LogP contribution is -2.37. The third-order valence-electron chi connectivity index (χ3n) is 4.80. The second-order valence-corrected chi connectivity index (χ2v) is 6.94. The predicted octanol–water partition coefficient (Wildman–Crippen LogP) is 1.68. The maximum Gasteiger partial charge on any atom is 0.336 e. The second-order valence-electron chi connectivity index (χ2n) is 6.94. The van der Waals surface area contributed by atoms with Gasteiger partial charge in [0.15, 0.2) is 13.2 Å². The molecular formula is C19H20N4O10. The lowest BCUT2D eigenvalue weighted by atomic mass is 9.75. The summed E-state index contributed by atoms with van der Waals surface area (Å²) in [5, 5.41) is 32.8. The number of ether oxygens (including phenoxy) is 2. The molecule has 176 valence electrons. The Labute approximate surface area is 186 Å². The van der Waals surface area contributed by atoms with Crippen molar-refractivity contribution in [3.8, 4) is 0 Å². The molecule has 0 bridgehead atoms. The Balaban J connectivity index is 2.56. The zero-order chi connectivity index (χ0) is 24.7. The molecule has 2 rings (SSSR count). The Morgan fingerprint density at radius 1 is 0.970 bits per heavy atom. The first-order valence-electron chi connectivity index (χ1n) is 9.61. The van der Waals surface area contributed by atoms with Gasteiger partial charge in [-0.3, -0.25) is 40.1 Å². The Bertz CT molecular complexity index is 1050. The van der Waals surface area contributed by atoms with Crippen LogP contribution < -0.4 is 0 Å². The van der Waals surface area contributed by atoms with Gasteiger partial charge >= 0.3 is 11.9 Å². The van der Waals surface area contributed by atoms with E-state index in [1.807, 2.05) is 0 Å². The molecule has 2 atom stereocenters. The van der Waals surface area contributed by atoms with Gasteiger partial charge in [0.2, 0.25) is 13.1 Å². The molecule has 1 aromatic carbocycles. The third-order valence-corrected chi connectivity index (χ3v) is 4.80. The molecule has 0 spiro atoms. The van der Waals surface area contributed by atoms with Crippen LogP contribution in [-0.2, 0) is 19.1 Å². The van der Waals surface area contributed by atoms with Gasteiger partial charge in [-0.2, -0.15) is 0 Å². The van der Waals surface area contributed by atoms with Gasteiger partial charge < -0.3 is 9.47 Å². The van der Waals surface area contributed by atoms with Crippen LogP contribution in [0, 0.1) is 36.3 Å². The highest BCUT2D eigenvalue weighted by atomic mass is 16.6. The number of hydrogen-bond donors (Lipinski definition) is 0. The Kier molecular flexibility index (Phi) is 8.25. The van der Waals surface area contributed by atoms with E-state index in [0.29, 0.717) is 0 Å². The maximum atomic E-state index is 12.9. The van der Waals surface area contributed by atoms with Crippen molar-refractivity contribution in [2.75, 3.05) is 26.3 Å². The highest BCUT2D eigenvalue weighted by molar-refractivity contribution is 6.07. The topological polar surface area (TPSA) is 194 Å². The highest BCUT2D eigenvalue weighted by Crippen LogP contribution is 2.43. The van der Waals surface area contributed by atoms with Crippen LogP contribution in [0.2, 0.25) is 0 Å². The summed E-state index contributed by atoms with van der Waals surface area (Å²) in [5.41, 5.74) is -0.314. The summed E-state index contributed by atoms with van der Waals surface area (Å²) in [6.07, 6.45) is 0. The van der Waals surface area contributed by atoms with Crippen molar-refractivity contribution in [3.05, 3.63) is 71.4 Å². The van der Waals surface area contributed by atoms with E-state index in [-0.39, 0.29) is 28.2 Å². The van der Waals surface area contributed by atoms with Gasteiger partial charge in [-0.15, -0.1) is 0 Å². The zero-order valence-electron chi connectivity index (χ0n) is 17.7. The van der Waals surface area contributed by atoms with Gasteiger partial charge in [-0.25, -0.2) is 4.79 Å². The molecule has 0 amide bonds. The molecule has 0 saturated heterocycles. The Morgan fingerprint density at radius 2 is 1.55 bits per heavy atom. The van der Waals surface area contributed by atoms with Gasteiger partial charge in [0, 0.05) is 38.8 Å². The lowest BCUT2D eigenvalue weighted by molar-refractivity contribution is -0.482. The van der Waals surface area contributed by atoms with E-state index in [0.717, 1.165) is 0 Å². The summed E-state index contributed by atoms with van der Waals surface area (Å²) in [6, 6.07) is 5.43. The number of benzene rings is 1. The summed E-state index contributed by atoms with van der Waals surface area (Å²) in [4.78, 5) is 60.6. The first kappa shape index (κ1) is 25.0. The number of carbonyl (C=O) groups is 2. The number of nitro benzene ring substituents is 1. The molecule has 1 aromatic rings. The fourth-order valence-corrected chi connectivity index (χ4v) is 3.46. The smallest absolute Gasteiger partial charge is 0.336 e. The highest BCUT2D eigenvalue weighted by Gasteiger charge is 2.45. The average molecular weight is 464 g/mol. The van der Waals surface area contributed by atoms with Crippen molar-refractivity contribution >= 4 is 23.3 Å². The number of rotatable bonds is 10. The van der Waals surface area contributed by atoms with Gasteiger partial charge in [0.25, 0.3) is 5.69 Å². The molecular weight excluding hydrogens is 444 g/mol.